The van der Waals surface area contributed by atoms with E-state index in [1.54, 1.807) is 0 Å². The van der Waals surface area contributed by atoms with Crippen molar-refractivity contribution in [2.24, 2.45) is 0 Å². The van der Waals surface area contributed by atoms with E-state index in [9.17, 15) is 0 Å². The molecule has 0 spiro atoms. The van der Waals surface area contributed by atoms with Gasteiger partial charge in [0.2, 0.25) is 0 Å². The molecule has 0 amide bonds. The third kappa shape index (κ3) is 4.41. The lowest BCUT2D eigenvalue weighted by molar-refractivity contribution is 0.257. The van der Waals surface area contributed by atoms with Crippen LogP contribution >= 0.6 is 23.4 Å². The highest BCUT2D eigenvalue weighted by molar-refractivity contribution is 7.99. The van der Waals surface area contributed by atoms with Crippen molar-refractivity contribution < 1.29 is 0 Å². The second-order valence-electron chi connectivity index (χ2n) is 3.86. The molecular formula is C11H22ClNS. The number of nitrogens with zero attached hydrogens (tertiary/aromatic N) is 1. The first kappa shape index (κ1) is 12.7. The number of hydrogen-bond donors (Lipinski definition) is 0. The zero-order valence-corrected chi connectivity index (χ0v) is 10.7. The van der Waals surface area contributed by atoms with Gasteiger partial charge in [-0.25, -0.2) is 0 Å². The second kappa shape index (κ2) is 7.84. The Bertz CT molecular complexity index is 143. The highest BCUT2D eigenvalue weighted by Crippen LogP contribution is 2.21. The number of likely N-dealkylation sites (tertiary alicyclic amines) is 1. The van der Waals surface area contributed by atoms with Gasteiger partial charge in [0, 0.05) is 24.2 Å². The molecule has 0 radical (unpaired) electrons. The molecule has 1 aliphatic rings. The van der Waals surface area contributed by atoms with Crippen molar-refractivity contribution in [1.82, 2.24) is 4.90 Å². The minimum atomic E-state index is 0.827. The van der Waals surface area contributed by atoms with E-state index in [-0.39, 0.29) is 0 Å². The quantitative estimate of drug-likeness (QED) is 0.493. The molecule has 1 unspecified atom stereocenters. The predicted octanol–water partition coefficient (Wildman–Crippen LogP) is 3.22. The summed E-state index contributed by atoms with van der Waals surface area (Å²) in [5.41, 5.74) is 0. The summed E-state index contributed by atoms with van der Waals surface area (Å²) in [6.45, 7) is 4.84. The predicted molar refractivity (Wildman–Crippen MR) is 67.5 cm³/mol. The normalized spacial score (nSPS) is 23.1. The van der Waals surface area contributed by atoms with Gasteiger partial charge in [-0.05, 0) is 38.0 Å². The lowest BCUT2D eigenvalue weighted by atomic mass is 10.1. The van der Waals surface area contributed by atoms with Gasteiger partial charge in [0.25, 0.3) is 0 Å². The summed E-state index contributed by atoms with van der Waals surface area (Å²) in [5.74, 6) is 3.38. The van der Waals surface area contributed by atoms with Gasteiger partial charge in [-0.3, -0.25) is 4.90 Å². The van der Waals surface area contributed by atoms with E-state index in [0.29, 0.717) is 0 Å². The van der Waals surface area contributed by atoms with E-state index in [2.05, 4.69) is 23.6 Å². The van der Waals surface area contributed by atoms with E-state index in [1.807, 2.05) is 0 Å². The lowest BCUT2D eigenvalue weighted by Gasteiger charge is -2.23. The van der Waals surface area contributed by atoms with Gasteiger partial charge in [0.05, 0.1) is 0 Å². The summed E-state index contributed by atoms with van der Waals surface area (Å²) < 4.78 is 0. The molecule has 1 fully saturated rings. The Morgan fingerprint density at radius 2 is 2.36 bits per heavy atom. The molecule has 0 aromatic carbocycles. The molecule has 0 saturated carbocycles. The van der Waals surface area contributed by atoms with E-state index < -0.39 is 0 Å². The minimum Gasteiger partial charge on any atom is -0.300 e. The smallest absolute Gasteiger partial charge is 0.0224 e. The molecule has 3 heteroatoms. The fourth-order valence-electron chi connectivity index (χ4n) is 2.16. The van der Waals surface area contributed by atoms with E-state index in [1.165, 1.54) is 50.3 Å². The first-order chi connectivity index (χ1) is 6.88. The maximum Gasteiger partial charge on any atom is 0.0224 e. The van der Waals surface area contributed by atoms with Crippen molar-refractivity contribution in [2.45, 2.75) is 38.6 Å². The lowest BCUT2D eigenvalue weighted by Crippen LogP contribution is -2.31. The first-order valence-corrected chi connectivity index (χ1v) is 7.45. The third-order valence-corrected chi connectivity index (χ3v) is 4.04. The molecule has 14 heavy (non-hydrogen) atoms. The van der Waals surface area contributed by atoms with Gasteiger partial charge in [-0.15, -0.1) is 11.6 Å². The van der Waals surface area contributed by atoms with Crippen LogP contribution in [0.3, 0.4) is 0 Å². The zero-order valence-electron chi connectivity index (χ0n) is 9.17. The Balaban J connectivity index is 2.14. The summed E-state index contributed by atoms with van der Waals surface area (Å²) >= 11 is 7.78. The maximum absolute atomic E-state index is 5.73. The Morgan fingerprint density at radius 1 is 1.50 bits per heavy atom. The highest BCUT2D eigenvalue weighted by Gasteiger charge is 2.22. The van der Waals surface area contributed by atoms with Gasteiger partial charge in [0.1, 0.15) is 0 Å². The Morgan fingerprint density at radius 3 is 3.07 bits per heavy atom. The Kier molecular flexibility index (Phi) is 7.09. The summed E-state index contributed by atoms with van der Waals surface area (Å²) in [4.78, 5) is 2.66. The number of rotatable bonds is 7. The van der Waals surface area contributed by atoms with Crippen LogP contribution in [0.25, 0.3) is 0 Å². The van der Waals surface area contributed by atoms with Gasteiger partial charge in [-0.1, -0.05) is 6.92 Å². The molecule has 1 rings (SSSR count). The minimum absolute atomic E-state index is 0.827. The van der Waals surface area contributed by atoms with Crippen LogP contribution in [-0.2, 0) is 0 Å². The standard InChI is InChI=1S/C11H22ClNS/c1-2-14-10-9-13-8-4-6-11(13)5-3-7-12/h11H,2-10H2,1H3. The van der Waals surface area contributed by atoms with Crippen LogP contribution in [0.5, 0.6) is 0 Å². The van der Waals surface area contributed by atoms with Gasteiger partial charge in [-0.2, -0.15) is 11.8 Å². The third-order valence-electron chi connectivity index (χ3n) is 2.90. The second-order valence-corrected chi connectivity index (χ2v) is 5.63. The van der Waals surface area contributed by atoms with Crippen LogP contribution in [0, 0.1) is 0 Å². The molecule has 1 saturated heterocycles. The molecule has 1 nitrogen and oxygen atoms in total. The Hall–Kier alpha value is 0.600. The molecule has 0 bridgehead atoms. The molecule has 0 aromatic rings. The molecule has 1 aliphatic heterocycles. The highest BCUT2D eigenvalue weighted by atomic mass is 35.5. The molecule has 0 aromatic heterocycles. The average molecular weight is 236 g/mol. The first-order valence-electron chi connectivity index (χ1n) is 5.76. The summed E-state index contributed by atoms with van der Waals surface area (Å²) in [6, 6.07) is 0.839. The average Bonchev–Trinajstić information content (AvgIpc) is 2.63. The van der Waals surface area contributed by atoms with Crippen LogP contribution < -0.4 is 0 Å². The molecule has 0 N–H and O–H groups in total. The van der Waals surface area contributed by atoms with Crippen molar-refractivity contribution in [2.75, 3.05) is 30.5 Å². The molecular weight excluding hydrogens is 214 g/mol. The van der Waals surface area contributed by atoms with Crippen LogP contribution in [0.1, 0.15) is 32.6 Å². The fraction of sp³-hybridized carbons (Fsp3) is 1.00. The van der Waals surface area contributed by atoms with Crippen LogP contribution in [-0.4, -0.2) is 41.4 Å². The van der Waals surface area contributed by atoms with Crippen LogP contribution in [0.15, 0.2) is 0 Å². The fourth-order valence-corrected chi connectivity index (χ4v) is 2.96. The molecule has 1 heterocycles. The summed E-state index contributed by atoms with van der Waals surface area (Å²) in [5, 5.41) is 0. The van der Waals surface area contributed by atoms with Crippen molar-refractivity contribution >= 4 is 23.4 Å². The van der Waals surface area contributed by atoms with Gasteiger partial charge in [0.15, 0.2) is 0 Å². The van der Waals surface area contributed by atoms with E-state index >= 15 is 0 Å². The molecule has 1 atom stereocenters. The van der Waals surface area contributed by atoms with Crippen molar-refractivity contribution in [3.8, 4) is 0 Å². The van der Waals surface area contributed by atoms with E-state index in [4.69, 9.17) is 11.6 Å². The Labute approximate surface area is 97.6 Å². The van der Waals surface area contributed by atoms with E-state index in [0.717, 1.165) is 11.9 Å². The topological polar surface area (TPSA) is 3.24 Å². The largest absolute Gasteiger partial charge is 0.300 e. The number of alkyl halides is 1. The number of hydrogen-bond acceptors (Lipinski definition) is 2. The SMILES string of the molecule is CCSCCN1CCCC1CCCCl. The monoisotopic (exact) mass is 235 g/mol. The molecule has 0 aliphatic carbocycles. The van der Waals surface area contributed by atoms with Crippen molar-refractivity contribution in [3.63, 3.8) is 0 Å². The van der Waals surface area contributed by atoms with Crippen LogP contribution in [0.2, 0.25) is 0 Å². The number of thioether (sulfide) groups is 1. The van der Waals surface area contributed by atoms with Gasteiger partial charge < -0.3 is 0 Å². The maximum atomic E-state index is 5.73. The summed E-state index contributed by atoms with van der Waals surface area (Å²) in [6.07, 6.45) is 5.28. The van der Waals surface area contributed by atoms with Crippen LogP contribution in [0.4, 0.5) is 0 Å². The van der Waals surface area contributed by atoms with Crippen molar-refractivity contribution in [1.29, 1.82) is 0 Å². The van der Waals surface area contributed by atoms with Gasteiger partial charge >= 0.3 is 0 Å². The number of halogens is 1. The zero-order chi connectivity index (χ0) is 10.2. The van der Waals surface area contributed by atoms with Crippen molar-refractivity contribution in [3.05, 3.63) is 0 Å². The molecule has 84 valence electrons. The summed E-state index contributed by atoms with van der Waals surface area (Å²) in [7, 11) is 0.